The molecular weight excluding hydrogens is 619 g/mol. The first-order valence-corrected chi connectivity index (χ1v) is 17.5. The van der Waals surface area contributed by atoms with Crippen LogP contribution in [0.4, 0.5) is 10.1 Å². The molecule has 3 aliphatic carbocycles. The zero-order valence-electron chi connectivity index (χ0n) is 29.1. The number of nitrogens with one attached hydrogen (secondary N) is 2. The van der Waals surface area contributed by atoms with E-state index in [2.05, 4.69) is 43.2 Å². The fraction of sp³-hybridized carbons (Fsp3) is 0.462. The Balaban J connectivity index is 1.22. The molecule has 4 aromatic rings. The van der Waals surface area contributed by atoms with E-state index in [4.69, 9.17) is 19.5 Å². The molecule has 9 nitrogen and oxygen atoms in total. The van der Waals surface area contributed by atoms with Gasteiger partial charge in [-0.25, -0.2) is 14.4 Å². The minimum Gasteiger partial charge on any atom is -0.497 e. The molecule has 3 aromatic carbocycles. The molecule has 2 bridgehead atoms. The van der Waals surface area contributed by atoms with Gasteiger partial charge in [0, 0.05) is 37.4 Å². The molecule has 2 N–H and O–H groups in total. The van der Waals surface area contributed by atoms with Crippen LogP contribution in [0.3, 0.4) is 0 Å². The minimum absolute atomic E-state index is 0.0564. The molecule has 0 spiro atoms. The predicted molar refractivity (Wildman–Crippen MR) is 192 cm³/mol. The molecule has 1 aliphatic heterocycles. The number of aromatic nitrogens is 2. The van der Waals surface area contributed by atoms with E-state index in [1.807, 2.05) is 48.5 Å². The molecule has 2 heterocycles. The molecule has 258 valence electrons. The lowest BCUT2D eigenvalue weighted by Crippen LogP contribution is -2.57. The van der Waals surface area contributed by atoms with Gasteiger partial charge in [0.2, 0.25) is 0 Å². The SMILES string of the molecule is COc1ccc(OCc2nc3cc(NC(=NC4C[C@@H]5C[C@H]([C@@H]4C)C5(C)C)N4CCN[C@@H](C)C4)ccc3c(=O)n2Cc2ccccc2)c(F)c1. The van der Waals surface area contributed by atoms with Crippen molar-refractivity contribution >= 4 is 22.5 Å². The number of benzene rings is 3. The fourth-order valence-electron chi connectivity index (χ4n) is 8.15. The van der Waals surface area contributed by atoms with E-state index in [0.29, 0.717) is 58.2 Å². The summed E-state index contributed by atoms with van der Waals surface area (Å²) in [6.45, 7) is 12.2. The quantitative estimate of drug-likeness (QED) is 0.168. The third-order valence-electron chi connectivity index (χ3n) is 11.2. The Morgan fingerprint density at radius 3 is 2.63 bits per heavy atom. The summed E-state index contributed by atoms with van der Waals surface area (Å²) in [6.07, 6.45) is 2.42. The van der Waals surface area contributed by atoms with E-state index in [1.165, 1.54) is 25.7 Å². The number of ether oxygens (including phenoxy) is 2. The molecule has 0 radical (unpaired) electrons. The van der Waals surface area contributed by atoms with Gasteiger partial charge in [0.1, 0.15) is 12.4 Å². The van der Waals surface area contributed by atoms with E-state index >= 15 is 0 Å². The van der Waals surface area contributed by atoms with Crippen LogP contribution in [0.2, 0.25) is 0 Å². The molecule has 10 heteroatoms. The molecule has 8 rings (SSSR count). The van der Waals surface area contributed by atoms with Crippen LogP contribution in [-0.2, 0) is 13.2 Å². The van der Waals surface area contributed by atoms with Gasteiger partial charge in [-0.3, -0.25) is 9.36 Å². The van der Waals surface area contributed by atoms with E-state index in [-0.39, 0.29) is 24.0 Å². The van der Waals surface area contributed by atoms with Crippen LogP contribution in [0.1, 0.15) is 51.9 Å². The summed E-state index contributed by atoms with van der Waals surface area (Å²) in [7, 11) is 1.48. The highest BCUT2D eigenvalue weighted by Gasteiger charge is 2.56. The zero-order chi connectivity index (χ0) is 34.3. The third-order valence-corrected chi connectivity index (χ3v) is 11.2. The second kappa shape index (κ2) is 13.5. The van der Waals surface area contributed by atoms with Gasteiger partial charge in [-0.2, -0.15) is 0 Å². The maximum atomic E-state index is 14.8. The molecule has 0 amide bonds. The Morgan fingerprint density at radius 1 is 1.10 bits per heavy atom. The fourth-order valence-corrected chi connectivity index (χ4v) is 8.15. The van der Waals surface area contributed by atoms with E-state index in [9.17, 15) is 9.18 Å². The number of nitrogens with zero attached hydrogens (tertiary/aromatic N) is 4. The number of halogens is 1. The van der Waals surface area contributed by atoms with Crippen LogP contribution in [0.25, 0.3) is 10.9 Å². The van der Waals surface area contributed by atoms with Crippen molar-refractivity contribution in [2.24, 2.45) is 28.2 Å². The van der Waals surface area contributed by atoms with E-state index < -0.39 is 5.82 Å². The van der Waals surface area contributed by atoms with Gasteiger partial charge in [0.15, 0.2) is 23.4 Å². The second-order valence-corrected chi connectivity index (χ2v) is 14.6. The topological polar surface area (TPSA) is 93.0 Å². The standard InChI is InChI=1S/C39H47FN6O3/c1-24-21-45(16-15-41-24)38(44-33-18-27-17-31(25(33)2)39(27,3)4)42-28-11-13-30-34(19-28)43-36(23-49-35-14-12-29(48-5)20-32(35)40)46(37(30)47)22-26-9-7-6-8-10-26/h6-14,19-20,24-25,27,31,33,41H,15-18,21-23H2,1-5H3,(H,42,44)/t24-,25-,27-,31+,33?/m0/s1. The summed E-state index contributed by atoms with van der Waals surface area (Å²) in [5.41, 5.74) is 2.50. The normalized spacial score (nSPS) is 24.7. The first-order chi connectivity index (χ1) is 23.6. The monoisotopic (exact) mass is 666 g/mol. The Kier molecular flexibility index (Phi) is 9.09. The van der Waals surface area contributed by atoms with Crippen molar-refractivity contribution in [1.82, 2.24) is 19.8 Å². The molecule has 1 aromatic heterocycles. The number of guanidine groups is 1. The number of fused-ring (bicyclic) bond motifs is 3. The Bertz CT molecular complexity index is 1910. The largest absolute Gasteiger partial charge is 0.497 e. The molecular formula is C39H47FN6O3. The number of methoxy groups -OCH3 is 1. The van der Waals surface area contributed by atoms with Gasteiger partial charge in [-0.15, -0.1) is 0 Å². The molecule has 5 atom stereocenters. The van der Waals surface area contributed by atoms with Crippen LogP contribution in [-0.4, -0.2) is 59.2 Å². The minimum atomic E-state index is -0.550. The lowest BCUT2D eigenvalue weighted by Gasteiger charge is -2.61. The molecule has 1 unspecified atom stereocenters. The van der Waals surface area contributed by atoms with Crippen molar-refractivity contribution in [2.75, 3.05) is 32.1 Å². The molecule has 49 heavy (non-hydrogen) atoms. The lowest BCUT2D eigenvalue weighted by atomic mass is 9.45. The summed E-state index contributed by atoms with van der Waals surface area (Å²) >= 11 is 0. The lowest BCUT2D eigenvalue weighted by molar-refractivity contribution is -0.108. The smallest absolute Gasteiger partial charge is 0.261 e. The number of hydrogen-bond acceptors (Lipinski definition) is 6. The van der Waals surface area contributed by atoms with Gasteiger partial charge in [0.25, 0.3) is 5.56 Å². The summed E-state index contributed by atoms with van der Waals surface area (Å²) in [4.78, 5) is 26.8. The van der Waals surface area contributed by atoms with E-state index in [0.717, 1.165) is 43.3 Å². The zero-order valence-corrected chi connectivity index (χ0v) is 29.1. The highest BCUT2D eigenvalue weighted by Crippen LogP contribution is 2.61. The number of piperazine rings is 1. The van der Waals surface area contributed by atoms with Crippen molar-refractivity contribution < 1.29 is 13.9 Å². The highest BCUT2D eigenvalue weighted by atomic mass is 19.1. The Hall–Kier alpha value is -4.44. The summed E-state index contributed by atoms with van der Waals surface area (Å²) in [6, 6.07) is 20.5. The Labute approximate surface area is 287 Å². The first-order valence-electron chi connectivity index (χ1n) is 17.5. The average Bonchev–Trinajstić information content (AvgIpc) is 3.09. The summed E-state index contributed by atoms with van der Waals surface area (Å²) in [5.74, 6) is 3.09. The summed E-state index contributed by atoms with van der Waals surface area (Å²) < 4.78 is 27.5. The Morgan fingerprint density at radius 2 is 1.92 bits per heavy atom. The maximum absolute atomic E-state index is 14.8. The van der Waals surface area contributed by atoms with Gasteiger partial charge < -0.3 is 25.0 Å². The van der Waals surface area contributed by atoms with Crippen molar-refractivity contribution in [2.45, 2.75) is 65.8 Å². The first kappa shape index (κ1) is 33.1. The van der Waals surface area contributed by atoms with Crippen molar-refractivity contribution in [3.8, 4) is 11.5 Å². The number of aliphatic imine (C=N–C) groups is 1. The predicted octanol–water partition coefficient (Wildman–Crippen LogP) is 6.30. The molecule has 3 saturated carbocycles. The molecule has 4 fully saturated rings. The van der Waals surface area contributed by atoms with Crippen LogP contribution in [0.15, 0.2) is 76.5 Å². The second-order valence-electron chi connectivity index (χ2n) is 14.6. The summed E-state index contributed by atoms with van der Waals surface area (Å²) in [5, 5.41) is 7.70. The van der Waals surface area contributed by atoms with Crippen molar-refractivity contribution in [1.29, 1.82) is 0 Å². The third kappa shape index (κ3) is 6.63. The van der Waals surface area contributed by atoms with Crippen LogP contribution in [0.5, 0.6) is 11.5 Å². The van der Waals surface area contributed by atoms with E-state index in [1.54, 1.807) is 10.6 Å². The van der Waals surface area contributed by atoms with Crippen LogP contribution >= 0.6 is 0 Å². The van der Waals surface area contributed by atoms with Gasteiger partial charge in [0.05, 0.1) is 30.6 Å². The average molecular weight is 667 g/mol. The van der Waals surface area contributed by atoms with Gasteiger partial charge >= 0.3 is 0 Å². The molecule has 4 aliphatic rings. The van der Waals surface area contributed by atoms with Gasteiger partial charge in [-0.05, 0) is 78.8 Å². The number of anilines is 1. The van der Waals surface area contributed by atoms with Gasteiger partial charge in [-0.1, -0.05) is 51.1 Å². The molecule has 1 saturated heterocycles. The highest BCUT2D eigenvalue weighted by molar-refractivity contribution is 5.96. The van der Waals surface area contributed by atoms with Crippen LogP contribution < -0.4 is 25.7 Å². The number of hydrogen-bond donors (Lipinski definition) is 2. The van der Waals surface area contributed by atoms with Crippen LogP contribution in [0, 0.1) is 29.0 Å². The maximum Gasteiger partial charge on any atom is 0.261 e. The number of rotatable bonds is 8. The van der Waals surface area contributed by atoms with Crippen molar-refractivity contribution in [3.05, 3.63) is 94.3 Å². The van der Waals surface area contributed by atoms with Crippen molar-refractivity contribution in [3.63, 3.8) is 0 Å².